The summed E-state index contributed by atoms with van der Waals surface area (Å²) in [6.45, 7) is 7.58. The van der Waals surface area contributed by atoms with Crippen molar-refractivity contribution in [2.24, 2.45) is 0 Å². The number of aromatic nitrogens is 1. The summed E-state index contributed by atoms with van der Waals surface area (Å²) in [4.78, 5) is 14.9. The van der Waals surface area contributed by atoms with Crippen LogP contribution >= 0.6 is 0 Å². The van der Waals surface area contributed by atoms with Gasteiger partial charge in [0.25, 0.3) is 0 Å². The molecule has 0 radical (unpaired) electrons. The molecule has 1 aliphatic carbocycles. The second kappa shape index (κ2) is 7.35. The number of likely N-dealkylation sites (N-methyl/N-ethyl adjacent to an activating group) is 1. The lowest BCUT2D eigenvalue weighted by molar-refractivity contribution is -0.123. The van der Waals surface area contributed by atoms with E-state index in [2.05, 4.69) is 29.2 Å². The van der Waals surface area contributed by atoms with E-state index in [-0.39, 0.29) is 11.7 Å². The number of nitrogens with one attached hydrogen (secondary N) is 1. The Balaban J connectivity index is 1.67. The van der Waals surface area contributed by atoms with Crippen LogP contribution in [-0.4, -0.2) is 42.1 Å². The molecule has 1 aliphatic rings. The highest BCUT2D eigenvalue weighted by atomic mass is 19.1. The summed E-state index contributed by atoms with van der Waals surface area (Å²) in [5.41, 5.74) is 0.334. The molecule has 0 unspecified atom stereocenters. The Kier molecular flexibility index (Phi) is 5.18. The Bertz CT molecular complexity index is 736. The molecule has 5 nitrogen and oxygen atoms in total. The number of rotatable bonds is 8. The maximum absolute atomic E-state index is 13.9. The Morgan fingerprint density at radius 1 is 1.32 bits per heavy atom. The lowest BCUT2D eigenvalue weighted by Crippen LogP contribution is -2.40. The molecule has 1 aromatic carbocycles. The van der Waals surface area contributed by atoms with Gasteiger partial charge in [-0.3, -0.25) is 4.79 Å². The topological polar surface area (TPSA) is 58.4 Å². The number of hydrogen-bond donors (Lipinski definition) is 1. The van der Waals surface area contributed by atoms with Gasteiger partial charge in [0, 0.05) is 19.2 Å². The van der Waals surface area contributed by atoms with Crippen LogP contribution in [-0.2, 0) is 10.2 Å². The van der Waals surface area contributed by atoms with E-state index >= 15 is 0 Å². The quantitative estimate of drug-likeness (QED) is 0.799. The zero-order valence-electron chi connectivity index (χ0n) is 14.7. The SMILES string of the molecule is CCN(CC)CCNC(=O)C1(c2cc(-c3ccccc3F)on2)CC1. The van der Waals surface area contributed by atoms with Crippen LogP contribution in [0.15, 0.2) is 34.9 Å². The molecular formula is C19H24FN3O2. The van der Waals surface area contributed by atoms with Crippen molar-refractivity contribution in [1.29, 1.82) is 0 Å². The van der Waals surface area contributed by atoms with Crippen molar-refractivity contribution < 1.29 is 13.7 Å². The van der Waals surface area contributed by atoms with Crippen molar-refractivity contribution >= 4 is 5.91 Å². The summed E-state index contributed by atoms with van der Waals surface area (Å²) in [7, 11) is 0. The number of amides is 1. The van der Waals surface area contributed by atoms with Crippen molar-refractivity contribution in [2.45, 2.75) is 32.1 Å². The van der Waals surface area contributed by atoms with Gasteiger partial charge in [0.1, 0.15) is 5.82 Å². The number of carbonyl (C=O) groups excluding carboxylic acids is 1. The Labute approximate surface area is 147 Å². The first-order valence-corrected chi connectivity index (χ1v) is 8.83. The van der Waals surface area contributed by atoms with Gasteiger partial charge >= 0.3 is 0 Å². The first-order valence-electron chi connectivity index (χ1n) is 8.83. The van der Waals surface area contributed by atoms with E-state index in [4.69, 9.17) is 4.52 Å². The maximum atomic E-state index is 13.9. The molecule has 0 atom stereocenters. The molecule has 0 aliphatic heterocycles. The van der Waals surface area contributed by atoms with Gasteiger partial charge in [0.05, 0.1) is 16.7 Å². The highest BCUT2D eigenvalue weighted by Gasteiger charge is 2.53. The fourth-order valence-electron chi connectivity index (χ4n) is 3.05. The maximum Gasteiger partial charge on any atom is 0.232 e. The summed E-state index contributed by atoms with van der Waals surface area (Å²) in [6.07, 6.45) is 1.49. The molecule has 1 fully saturated rings. The van der Waals surface area contributed by atoms with Crippen LogP contribution in [0.25, 0.3) is 11.3 Å². The van der Waals surface area contributed by atoms with Crippen molar-refractivity contribution in [3.05, 3.63) is 41.8 Å². The van der Waals surface area contributed by atoms with Crippen LogP contribution in [0.5, 0.6) is 0 Å². The minimum Gasteiger partial charge on any atom is -0.356 e. The number of nitrogens with zero attached hydrogens (tertiary/aromatic N) is 2. The molecule has 0 saturated heterocycles. The zero-order valence-corrected chi connectivity index (χ0v) is 14.7. The van der Waals surface area contributed by atoms with Crippen LogP contribution in [0.2, 0.25) is 0 Å². The molecule has 3 rings (SSSR count). The molecule has 134 valence electrons. The van der Waals surface area contributed by atoms with Gasteiger partial charge in [-0.15, -0.1) is 0 Å². The average molecular weight is 345 g/mol. The van der Waals surface area contributed by atoms with Crippen LogP contribution in [0.4, 0.5) is 4.39 Å². The van der Waals surface area contributed by atoms with Gasteiger partial charge in [-0.25, -0.2) is 4.39 Å². The van der Waals surface area contributed by atoms with E-state index in [0.717, 1.165) is 32.5 Å². The normalized spacial score (nSPS) is 15.4. The second-order valence-corrected chi connectivity index (χ2v) is 6.42. The van der Waals surface area contributed by atoms with Crippen molar-refractivity contribution in [3.8, 4) is 11.3 Å². The average Bonchev–Trinajstić information content (AvgIpc) is 3.30. The number of benzene rings is 1. The Hall–Kier alpha value is -2.21. The van der Waals surface area contributed by atoms with Crippen molar-refractivity contribution in [3.63, 3.8) is 0 Å². The summed E-state index contributed by atoms with van der Waals surface area (Å²) in [6, 6.07) is 8.08. The van der Waals surface area contributed by atoms with Crippen LogP contribution in [0.3, 0.4) is 0 Å². The van der Waals surface area contributed by atoms with E-state index < -0.39 is 5.41 Å². The minimum absolute atomic E-state index is 0.0203. The molecule has 1 amide bonds. The van der Waals surface area contributed by atoms with Gasteiger partial charge in [-0.1, -0.05) is 31.1 Å². The molecule has 1 saturated carbocycles. The lowest BCUT2D eigenvalue weighted by Gasteiger charge is -2.19. The fraction of sp³-hybridized carbons (Fsp3) is 0.474. The van der Waals surface area contributed by atoms with E-state index in [1.54, 1.807) is 24.3 Å². The molecule has 2 aromatic rings. The van der Waals surface area contributed by atoms with Crippen LogP contribution in [0, 0.1) is 5.82 Å². The third kappa shape index (κ3) is 3.58. The zero-order chi connectivity index (χ0) is 17.9. The Morgan fingerprint density at radius 3 is 2.68 bits per heavy atom. The predicted octanol–water partition coefficient (Wildman–Crippen LogP) is 2.97. The largest absolute Gasteiger partial charge is 0.356 e. The summed E-state index contributed by atoms with van der Waals surface area (Å²) < 4.78 is 19.2. The van der Waals surface area contributed by atoms with E-state index in [1.807, 2.05) is 0 Å². The van der Waals surface area contributed by atoms with Crippen molar-refractivity contribution in [1.82, 2.24) is 15.4 Å². The lowest BCUT2D eigenvalue weighted by atomic mass is 10.0. The molecule has 0 bridgehead atoms. The summed E-state index contributed by atoms with van der Waals surface area (Å²) in [5, 5.41) is 7.06. The number of halogens is 1. The second-order valence-electron chi connectivity index (χ2n) is 6.42. The molecular weight excluding hydrogens is 321 g/mol. The summed E-state index contributed by atoms with van der Waals surface area (Å²) >= 11 is 0. The molecule has 6 heteroatoms. The third-order valence-electron chi connectivity index (χ3n) is 4.93. The third-order valence-corrected chi connectivity index (χ3v) is 4.93. The van der Waals surface area contributed by atoms with Gasteiger partial charge in [-0.05, 0) is 38.1 Å². The van der Waals surface area contributed by atoms with Crippen molar-refractivity contribution in [2.75, 3.05) is 26.2 Å². The highest BCUT2D eigenvalue weighted by molar-refractivity contribution is 5.91. The monoisotopic (exact) mass is 345 g/mol. The number of carbonyl (C=O) groups is 1. The smallest absolute Gasteiger partial charge is 0.232 e. The van der Waals surface area contributed by atoms with E-state index in [1.165, 1.54) is 6.07 Å². The molecule has 25 heavy (non-hydrogen) atoms. The molecule has 0 spiro atoms. The number of hydrogen-bond acceptors (Lipinski definition) is 4. The fourth-order valence-corrected chi connectivity index (χ4v) is 3.05. The van der Waals surface area contributed by atoms with Crippen LogP contribution in [0.1, 0.15) is 32.4 Å². The minimum atomic E-state index is -0.615. The molecule has 1 N–H and O–H groups in total. The van der Waals surface area contributed by atoms with E-state index in [9.17, 15) is 9.18 Å². The highest BCUT2D eigenvalue weighted by Crippen LogP contribution is 2.48. The standard InChI is InChI=1S/C19H24FN3O2/c1-3-23(4-2)12-11-21-18(24)19(9-10-19)17-13-16(25-22-17)14-7-5-6-8-15(14)20/h5-8,13H,3-4,9-12H2,1-2H3,(H,21,24). The summed E-state index contributed by atoms with van der Waals surface area (Å²) in [5.74, 6) is -0.0259. The predicted molar refractivity (Wildman–Crippen MR) is 93.6 cm³/mol. The van der Waals surface area contributed by atoms with Gasteiger partial charge in [0.15, 0.2) is 5.76 Å². The molecule has 1 aromatic heterocycles. The van der Waals surface area contributed by atoms with Gasteiger partial charge < -0.3 is 14.7 Å². The first kappa shape index (κ1) is 17.6. The van der Waals surface area contributed by atoms with Crippen LogP contribution < -0.4 is 5.32 Å². The molecule has 1 heterocycles. The van der Waals surface area contributed by atoms with Gasteiger partial charge in [-0.2, -0.15) is 0 Å². The Morgan fingerprint density at radius 2 is 2.04 bits per heavy atom. The van der Waals surface area contributed by atoms with E-state index in [0.29, 0.717) is 23.6 Å². The first-order chi connectivity index (χ1) is 12.1. The van der Waals surface area contributed by atoms with Gasteiger partial charge in [0.2, 0.25) is 5.91 Å².